The van der Waals surface area contributed by atoms with Crippen LogP contribution in [0.4, 0.5) is 5.95 Å². The van der Waals surface area contributed by atoms with E-state index in [0.29, 0.717) is 18.0 Å². The van der Waals surface area contributed by atoms with Gasteiger partial charge >= 0.3 is 5.69 Å². The van der Waals surface area contributed by atoms with Crippen LogP contribution in [0.5, 0.6) is 0 Å². The van der Waals surface area contributed by atoms with Gasteiger partial charge < -0.3 is 5.73 Å². The molecule has 10 heteroatoms. The van der Waals surface area contributed by atoms with Gasteiger partial charge in [-0.15, -0.1) is 0 Å². The molecule has 0 fully saturated rings. The van der Waals surface area contributed by atoms with Gasteiger partial charge in [0, 0.05) is 19.0 Å². The third-order valence-corrected chi connectivity index (χ3v) is 4.69. The Morgan fingerprint density at radius 2 is 1.96 bits per heavy atom. The van der Waals surface area contributed by atoms with Crippen LogP contribution in [0.3, 0.4) is 0 Å². The highest BCUT2D eigenvalue weighted by Crippen LogP contribution is 2.28. The van der Waals surface area contributed by atoms with Gasteiger partial charge in [0.15, 0.2) is 11.2 Å². The molecule has 0 saturated carbocycles. The molecule has 0 saturated heterocycles. The largest absolute Gasteiger partial charge is 0.368 e. The Kier molecular flexibility index (Phi) is 4.74. The molecule has 0 radical (unpaired) electrons. The molecule has 3 rings (SSSR count). The van der Waals surface area contributed by atoms with Crippen LogP contribution in [0, 0.1) is 5.41 Å². The van der Waals surface area contributed by atoms with Crippen LogP contribution in [0.25, 0.3) is 11.2 Å². The fourth-order valence-corrected chi connectivity index (χ4v) is 3.09. The van der Waals surface area contributed by atoms with Gasteiger partial charge in [-0.05, 0) is 6.92 Å². The summed E-state index contributed by atoms with van der Waals surface area (Å²) in [6.45, 7) is 8.15. The molecule has 150 valence electrons. The van der Waals surface area contributed by atoms with Crippen LogP contribution in [0.2, 0.25) is 0 Å². The molecule has 1 amide bonds. The second-order valence-electron chi connectivity index (χ2n) is 7.82. The Morgan fingerprint density at radius 1 is 1.29 bits per heavy atom. The number of carbonyl (C=O) groups excluding carboxylic acids is 1. The highest BCUT2D eigenvalue weighted by atomic mass is 16.2. The lowest BCUT2D eigenvalue weighted by Crippen LogP contribution is -2.41. The number of aromatic nitrogens is 4. The Morgan fingerprint density at radius 3 is 2.54 bits per heavy atom. The molecule has 1 aliphatic rings. The minimum atomic E-state index is -0.572. The van der Waals surface area contributed by atoms with Crippen molar-refractivity contribution >= 4 is 28.7 Å². The van der Waals surface area contributed by atoms with Crippen molar-refractivity contribution in [2.75, 3.05) is 11.6 Å². The maximum atomic E-state index is 13.1. The first-order chi connectivity index (χ1) is 13.1. The number of fused-ring (bicyclic) bond motifs is 3. The molecular formula is C18H25N7O3. The van der Waals surface area contributed by atoms with Crippen molar-refractivity contribution in [1.29, 1.82) is 0 Å². The molecular weight excluding hydrogens is 362 g/mol. The number of hydrogen-bond acceptors (Lipinski definition) is 6. The minimum Gasteiger partial charge on any atom is -0.368 e. The average Bonchev–Trinajstić information content (AvgIpc) is 2.99. The lowest BCUT2D eigenvalue weighted by atomic mass is 9.89. The summed E-state index contributed by atoms with van der Waals surface area (Å²) in [5.41, 5.74) is 5.52. The van der Waals surface area contributed by atoms with Crippen molar-refractivity contribution in [1.82, 2.24) is 18.7 Å². The van der Waals surface area contributed by atoms with Gasteiger partial charge in [-0.3, -0.25) is 23.3 Å². The minimum absolute atomic E-state index is 0.170. The van der Waals surface area contributed by atoms with E-state index in [1.54, 1.807) is 23.8 Å². The quantitative estimate of drug-likeness (QED) is 0.750. The third-order valence-electron chi connectivity index (χ3n) is 4.69. The predicted octanol–water partition coefficient (Wildman–Crippen LogP) is 0.180. The molecule has 0 unspecified atom stereocenters. The van der Waals surface area contributed by atoms with E-state index < -0.39 is 17.2 Å². The van der Waals surface area contributed by atoms with Gasteiger partial charge in [-0.1, -0.05) is 32.9 Å². The molecule has 28 heavy (non-hydrogen) atoms. The van der Waals surface area contributed by atoms with E-state index in [-0.39, 0.29) is 24.2 Å². The van der Waals surface area contributed by atoms with Gasteiger partial charge in [-0.2, -0.15) is 10.1 Å². The van der Waals surface area contributed by atoms with Crippen molar-refractivity contribution < 1.29 is 4.79 Å². The van der Waals surface area contributed by atoms with Crippen LogP contribution >= 0.6 is 0 Å². The molecule has 3 heterocycles. The Hall–Kier alpha value is -3.17. The standard InChI is InChI=1S/C18H25N7O3/c1-6-7-8-23-15(27)13-14(22(5)17(23)28)20-16-24(13)9-11(18(2,3)4)21-25(16)10-12(19)26/h6-7H,8-10H2,1-5H3,(H2,19,26)/b7-6+. The zero-order valence-corrected chi connectivity index (χ0v) is 16.8. The van der Waals surface area contributed by atoms with Crippen LogP contribution in [0.15, 0.2) is 26.8 Å². The summed E-state index contributed by atoms with van der Waals surface area (Å²) in [7, 11) is 1.57. The lowest BCUT2D eigenvalue weighted by Gasteiger charge is -2.30. The molecule has 0 spiro atoms. The first-order valence-corrected chi connectivity index (χ1v) is 9.01. The molecule has 0 aromatic carbocycles. The number of carbonyl (C=O) groups is 1. The van der Waals surface area contributed by atoms with E-state index in [9.17, 15) is 14.4 Å². The number of hydrazone groups is 1. The number of hydrogen-bond donors (Lipinski definition) is 1. The number of rotatable bonds is 4. The van der Waals surface area contributed by atoms with E-state index in [2.05, 4.69) is 10.1 Å². The van der Waals surface area contributed by atoms with Crippen LogP contribution in [-0.2, 0) is 24.9 Å². The van der Waals surface area contributed by atoms with Gasteiger partial charge in [-0.25, -0.2) is 9.80 Å². The third kappa shape index (κ3) is 3.14. The van der Waals surface area contributed by atoms with Crippen molar-refractivity contribution in [3.8, 4) is 0 Å². The van der Waals surface area contributed by atoms with Gasteiger partial charge in [0.2, 0.25) is 11.9 Å². The molecule has 2 N–H and O–H groups in total. The molecule has 0 atom stereocenters. The summed E-state index contributed by atoms with van der Waals surface area (Å²) >= 11 is 0. The van der Waals surface area contributed by atoms with Crippen molar-refractivity contribution in [2.24, 2.45) is 23.3 Å². The molecule has 2 aromatic rings. The summed E-state index contributed by atoms with van der Waals surface area (Å²) in [5.74, 6) is -0.255. The monoisotopic (exact) mass is 387 g/mol. The fraction of sp³-hybridized carbons (Fsp3) is 0.500. The number of allylic oxidation sites excluding steroid dienone is 2. The Labute approximate surface area is 161 Å². The molecule has 0 bridgehead atoms. The number of nitrogens with zero attached hydrogens (tertiary/aromatic N) is 6. The maximum absolute atomic E-state index is 13.1. The van der Waals surface area contributed by atoms with E-state index in [1.807, 2.05) is 27.7 Å². The number of imidazole rings is 1. The van der Waals surface area contributed by atoms with Crippen LogP contribution in [-0.4, -0.2) is 36.8 Å². The maximum Gasteiger partial charge on any atom is 0.332 e. The van der Waals surface area contributed by atoms with Gasteiger partial charge in [0.1, 0.15) is 6.54 Å². The molecule has 10 nitrogen and oxygen atoms in total. The normalized spacial score (nSPS) is 14.6. The Bertz CT molecular complexity index is 1130. The van der Waals surface area contributed by atoms with Crippen LogP contribution in [0.1, 0.15) is 27.7 Å². The smallest absolute Gasteiger partial charge is 0.332 e. The Balaban J connectivity index is 2.33. The molecule has 0 aliphatic carbocycles. The summed E-state index contributed by atoms with van der Waals surface area (Å²) in [6, 6.07) is 0. The SMILES string of the molecule is C/C=C/Cn1c(=O)c2c(nc3n2CC(C(C)(C)C)=NN3CC(N)=O)n(C)c1=O. The van der Waals surface area contributed by atoms with Crippen molar-refractivity contribution in [3.05, 3.63) is 33.0 Å². The number of anilines is 1. The topological polar surface area (TPSA) is 121 Å². The van der Waals surface area contributed by atoms with Crippen molar-refractivity contribution in [3.63, 3.8) is 0 Å². The van der Waals surface area contributed by atoms with E-state index in [1.165, 1.54) is 9.58 Å². The average molecular weight is 387 g/mol. The molecule has 2 aromatic heterocycles. The lowest BCUT2D eigenvalue weighted by molar-refractivity contribution is -0.116. The fourth-order valence-electron chi connectivity index (χ4n) is 3.09. The summed E-state index contributed by atoms with van der Waals surface area (Å²) in [6.07, 6.45) is 3.52. The van der Waals surface area contributed by atoms with Gasteiger partial charge in [0.05, 0.1) is 12.3 Å². The predicted molar refractivity (Wildman–Crippen MR) is 107 cm³/mol. The first-order valence-electron chi connectivity index (χ1n) is 9.01. The van der Waals surface area contributed by atoms with E-state index >= 15 is 0 Å². The zero-order chi connectivity index (χ0) is 20.8. The van der Waals surface area contributed by atoms with Gasteiger partial charge in [0.25, 0.3) is 5.56 Å². The summed E-state index contributed by atoms with van der Waals surface area (Å²) in [5, 5.41) is 5.94. The highest BCUT2D eigenvalue weighted by Gasteiger charge is 2.32. The zero-order valence-electron chi connectivity index (χ0n) is 16.8. The number of amides is 1. The van der Waals surface area contributed by atoms with E-state index in [0.717, 1.165) is 10.3 Å². The first kappa shape index (κ1) is 19.6. The van der Waals surface area contributed by atoms with Crippen molar-refractivity contribution in [2.45, 2.75) is 40.8 Å². The van der Waals surface area contributed by atoms with Crippen LogP contribution < -0.4 is 22.0 Å². The second kappa shape index (κ2) is 6.77. The molecule has 1 aliphatic heterocycles. The second-order valence-corrected chi connectivity index (χ2v) is 7.82. The highest BCUT2D eigenvalue weighted by molar-refractivity contribution is 5.94. The number of aryl methyl sites for hydroxylation is 1. The number of primary amides is 1. The number of nitrogens with two attached hydrogens (primary N) is 1. The summed E-state index contributed by atoms with van der Waals surface area (Å²) in [4.78, 5) is 41.8. The van der Waals surface area contributed by atoms with E-state index in [4.69, 9.17) is 5.73 Å². The summed E-state index contributed by atoms with van der Waals surface area (Å²) < 4.78 is 4.21.